The van der Waals surface area contributed by atoms with E-state index in [0.717, 1.165) is 5.56 Å². The van der Waals surface area contributed by atoms with Crippen LogP contribution in [0.1, 0.15) is 25.8 Å². The van der Waals surface area contributed by atoms with Crippen molar-refractivity contribution in [3.8, 4) is 0 Å². The van der Waals surface area contributed by atoms with Crippen LogP contribution in [0.5, 0.6) is 0 Å². The highest BCUT2D eigenvalue weighted by Crippen LogP contribution is 2.50. The molecule has 1 aromatic carbocycles. The molecule has 1 fully saturated rings. The third-order valence-electron chi connectivity index (χ3n) is 4.71. The molecule has 2 N–H and O–H groups in total. The van der Waals surface area contributed by atoms with Gasteiger partial charge in [-0.2, -0.15) is 5.10 Å². The quantitative estimate of drug-likeness (QED) is 0.905. The first kappa shape index (κ1) is 16.2. The first-order valence-electron chi connectivity index (χ1n) is 7.52. The molecule has 1 aliphatic carbocycles. The second-order valence-corrected chi connectivity index (χ2v) is 7.14. The Hall–Kier alpha value is -1.69. The molecule has 0 amide bonds. The topological polar surface area (TPSA) is 71.2 Å². The summed E-state index contributed by atoms with van der Waals surface area (Å²) in [6.45, 7) is 4.15. The molecule has 0 bridgehead atoms. The van der Waals surface area contributed by atoms with Crippen molar-refractivity contribution in [3.63, 3.8) is 0 Å². The minimum Gasteiger partial charge on any atom is -0.389 e. The molecule has 1 saturated carbocycles. The minimum absolute atomic E-state index is 0.247. The highest BCUT2D eigenvalue weighted by molar-refractivity contribution is 6.30. The maximum Gasteiger partial charge on any atom is 0.137 e. The number of rotatable bonds is 3. The van der Waals surface area contributed by atoms with E-state index in [0.29, 0.717) is 17.0 Å². The van der Waals surface area contributed by atoms with Crippen molar-refractivity contribution in [2.75, 3.05) is 0 Å². The summed E-state index contributed by atoms with van der Waals surface area (Å²) in [5, 5.41) is 26.6. The summed E-state index contributed by atoms with van der Waals surface area (Å²) in [7, 11) is 0. The lowest BCUT2D eigenvalue weighted by Gasteiger charge is -2.37. The molecule has 1 heterocycles. The number of aromatic nitrogens is 3. The van der Waals surface area contributed by atoms with Gasteiger partial charge in [0.15, 0.2) is 0 Å². The van der Waals surface area contributed by atoms with Crippen LogP contribution < -0.4 is 0 Å². The highest BCUT2D eigenvalue weighted by atomic mass is 35.5. The normalized spacial score (nSPS) is 28.4. The van der Waals surface area contributed by atoms with Crippen molar-refractivity contribution in [1.29, 1.82) is 0 Å². The second kappa shape index (κ2) is 5.74. The molecule has 23 heavy (non-hydrogen) atoms. The maximum atomic E-state index is 11.4. The zero-order chi connectivity index (χ0) is 16.7. The third-order valence-corrected chi connectivity index (χ3v) is 4.96. The zero-order valence-corrected chi connectivity index (χ0v) is 13.9. The molecule has 0 aliphatic heterocycles. The molecular formula is C17H20ClN3O2. The van der Waals surface area contributed by atoms with E-state index in [1.165, 1.54) is 6.33 Å². The minimum atomic E-state index is -1.21. The number of hydrogen-bond donors (Lipinski definition) is 2. The van der Waals surface area contributed by atoms with Gasteiger partial charge in [0, 0.05) is 10.4 Å². The summed E-state index contributed by atoms with van der Waals surface area (Å²) < 4.78 is 1.59. The molecule has 122 valence electrons. The summed E-state index contributed by atoms with van der Waals surface area (Å²) in [6, 6.07) is 7.31. The van der Waals surface area contributed by atoms with Crippen LogP contribution in [0.15, 0.2) is 42.5 Å². The fraction of sp³-hybridized carbons (Fsp3) is 0.412. The van der Waals surface area contributed by atoms with Gasteiger partial charge < -0.3 is 10.2 Å². The van der Waals surface area contributed by atoms with Gasteiger partial charge in [-0.3, -0.25) is 0 Å². The lowest BCUT2D eigenvalue weighted by molar-refractivity contribution is -0.0298. The number of aliphatic hydroxyl groups is 2. The molecular weight excluding hydrogens is 314 g/mol. The van der Waals surface area contributed by atoms with Crippen LogP contribution in [0.3, 0.4) is 0 Å². The van der Waals surface area contributed by atoms with Crippen molar-refractivity contribution in [2.45, 2.75) is 38.5 Å². The number of hydrogen-bond acceptors (Lipinski definition) is 4. The van der Waals surface area contributed by atoms with E-state index in [9.17, 15) is 10.2 Å². The number of aliphatic hydroxyl groups excluding tert-OH is 1. The average molecular weight is 334 g/mol. The number of benzene rings is 1. The van der Waals surface area contributed by atoms with Crippen LogP contribution in [0, 0.1) is 5.41 Å². The Morgan fingerprint density at radius 3 is 2.65 bits per heavy atom. The highest BCUT2D eigenvalue weighted by Gasteiger charge is 2.55. The van der Waals surface area contributed by atoms with Crippen molar-refractivity contribution >= 4 is 17.7 Å². The molecule has 2 atom stereocenters. The molecule has 1 unspecified atom stereocenters. The van der Waals surface area contributed by atoms with Crippen LogP contribution in [-0.2, 0) is 6.54 Å². The zero-order valence-electron chi connectivity index (χ0n) is 13.1. The molecule has 0 radical (unpaired) electrons. The predicted octanol–water partition coefficient (Wildman–Crippen LogP) is 2.54. The lowest BCUT2D eigenvalue weighted by Crippen LogP contribution is -2.45. The van der Waals surface area contributed by atoms with Gasteiger partial charge in [-0.25, -0.2) is 9.67 Å². The van der Waals surface area contributed by atoms with E-state index in [4.69, 9.17) is 11.6 Å². The van der Waals surface area contributed by atoms with E-state index >= 15 is 0 Å². The fourth-order valence-corrected chi connectivity index (χ4v) is 3.36. The Balaban J connectivity index is 2.03. The van der Waals surface area contributed by atoms with E-state index in [1.807, 2.05) is 32.1 Å². The van der Waals surface area contributed by atoms with E-state index in [1.54, 1.807) is 23.1 Å². The van der Waals surface area contributed by atoms with Crippen molar-refractivity contribution in [3.05, 3.63) is 53.1 Å². The predicted molar refractivity (Wildman–Crippen MR) is 88.8 cm³/mol. The molecule has 0 saturated heterocycles. The summed E-state index contributed by atoms with van der Waals surface area (Å²) >= 11 is 5.92. The first-order valence-corrected chi connectivity index (χ1v) is 7.90. The SMILES string of the molecule is CC1(C)CC(O)/C(=C/c2ccc(Cl)cc2)[C@@]1(O)Cn1cncn1. The summed E-state index contributed by atoms with van der Waals surface area (Å²) in [4.78, 5) is 3.92. The summed E-state index contributed by atoms with van der Waals surface area (Å²) in [5.41, 5.74) is -0.213. The standard InChI is InChI=1S/C17H20ClN3O2/c1-16(2)8-15(22)14(7-12-3-5-13(18)6-4-12)17(16,23)9-21-11-19-10-20-21/h3-7,10-11,15,22-23H,8-9H2,1-2H3/b14-7-/t15?,17-/m0/s1. The van der Waals surface area contributed by atoms with Gasteiger partial charge in [-0.05, 0) is 29.7 Å². The lowest BCUT2D eigenvalue weighted by atomic mass is 9.76. The van der Waals surface area contributed by atoms with Gasteiger partial charge in [0.2, 0.25) is 0 Å². The number of halogens is 1. The largest absolute Gasteiger partial charge is 0.389 e. The molecule has 6 heteroatoms. The van der Waals surface area contributed by atoms with Gasteiger partial charge in [-0.15, -0.1) is 0 Å². The Bertz CT molecular complexity index is 710. The third kappa shape index (κ3) is 2.92. The molecule has 2 aromatic rings. The van der Waals surface area contributed by atoms with Crippen molar-refractivity contribution < 1.29 is 10.2 Å². The molecule has 1 aromatic heterocycles. The van der Waals surface area contributed by atoms with Crippen LogP contribution in [0.4, 0.5) is 0 Å². The second-order valence-electron chi connectivity index (χ2n) is 6.71. The van der Waals surface area contributed by atoms with E-state index in [2.05, 4.69) is 10.1 Å². The number of nitrogens with zero attached hydrogens (tertiary/aromatic N) is 3. The smallest absolute Gasteiger partial charge is 0.137 e. The summed E-state index contributed by atoms with van der Waals surface area (Å²) in [5.74, 6) is 0. The Morgan fingerprint density at radius 1 is 1.35 bits per heavy atom. The monoisotopic (exact) mass is 333 g/mol. The van der Waals surface area contributed by atoms with Gasteiger partial charge in [0.25, 0.3) is 0 Å². The van der Waals surface area contributed by atoms with Crippen LogP contribution in [0.2, 0.25) is 5.02 Å². The van der Waals surface area contributed by atoms with Gasteiger partial charge >= 0.3 is 0 Å². The fourth-order valence-electron chi connectivity index (χ4n) is 3.24. The van der Waals surface area contributed by atoms with Gasteiger partial charge in [0.1, 0.15) is 18.3 Å². The molecule has 0 spiro atoms. The van der Waals surface area contributed by atoms with Crippen molar-refractivity contribution in [1.82, 2.24) is 14.8 Å². The van der Waals surface area contributed by atoms with Crippen molar-refractivity contribution in [2.24, 2.45) is 5.41 Å². The summed E-state index contributed by atoms with van der Waals surface area (Å²) in [6.07, 6.45) is 4.63. The Kier molecular flexibility index (Phi) is 4.04. The molecule has 5 nitrogen and oxygen atoms in total. The van der Waals surface area contributed by atoms with Crippen LogP contribution >= 0.6 is 11.6 Å². The average Bonchev–Trinajstić information content (AvgIpc) is 3.03. The Morgan fingerprint density at radius 2 is 2.04 bits per heavy atom. The first-order chi connectivity index (χ1) is 10.8. The molecule has 1 aliphatic rings. The van der Waals surface area contributed by atoms with Crippen LogP contribution in [-0.4, -0.2) is 36.7 Å². The van der Waals surface area contributed by atoms with Gasteiger partial charge in [-0.1, -0.05) is 43.7 Å². The van der Waals surface area contributed by atoms with Crippen LogP contribution in [0.25, 0.3) is 6.08 Å². The maximum absolute atomic E-state index is 11.4. The Labute approximate surface area is 140 Å². The molecule has 3 rings (SSSR count). The van der Waals surface area contributed by atoms with Gasteiger partial charge in [0.05, 0.1) is 12.6 Å². The van der Waals surface area contributed by atoms with E-state index < -0.39 is 17.1 Å². The van der Waals surface area contributed by atoms with E-state index in [-0.39, 0.29) is 6.54 Å².